The first-order chi connectivity index (χ1) is 10.5. The number of aryl methyl sites for hydroxylation is 1. The number of nitrogens with one attached hydrogen (secondary N) is 1. The molecular formula is C18H24IN3O. The first-order valence-electron chi connectivity index (χ1n) is 7.45. The monoisotopic (exact) mass is 425 g/mol. The Morgan fingerprint density at radius 1 is 1.17 bits per heavy atom. The van der Waals surface area contributed by atoms with Gasteiger partial charge in [-0.1, -0.05) is 49.4 Å². The van der Waals surface area contributed by atoms with Crippen LogP contribution in [-0.2, 0) is 12.0 Å². The van der Waals surface area contributed by atoms with Gasteiger partial charge >= 0.3 is 0 Å². The highest BCUT2D eigenvalue weighted by Crippen LogP contribution is 2.20. The molecule has 0 saturated carbocycles. The minimum atomic E-state index is -1.04. The summed E-state index contributed by atoms with van der Waals surface area (Å²) < 4.78 is 0. The second-order valence-electron chi connectivity index (χ2n) is 5.52. The number of nitrogens with two attached hydrogens (primary N) is 1. The molecule has 0 radical (unpaired) electrons. The van der Waals surface area contributed by atoms with Gasteiger partial charge in [0.1, 0.15) is 5.60 Å². The van der Waals surface area contributed by atoms with E-state index in [0.29, 0.717) is 5.96 Å². The van der Waals surface area contributed by atoms with Gasteiger partial charge in [0.2, 0.25) is 0 Å². The zero-order valence-electron chi connectivity index (χ0n) is 13.5. The quantitative estimate of drug-likeness (QED) is 0.390. The van der Waals surface area contributed by atoms with E-state index in [0.717, 1.165) is 17.7 Å². The zero-order valence-corrected chi connectivity index (χ0v) is 15.8. The molecule has 23 heavy (non-hydrogen) atoms. The van der Waals surface area contributed by atoms with Crippen LogP contribution in [0.1, 0.15) is 25.0 Å². The summed E-state index contributed by atoms with van der Waals surface area (Å²) in [6, 6.07) is 17.5. The molecule has 0 aromatic heterocycles. The molecule has 1 atom stereocenters. The number of aliphatic imine (C=N–C) groups is 1. The number of benzene rings is 2. The highest BCUT2D eigenvalue weighted by molar-refractivity contribution is 14.0. The number of guanidine groups is 1. The smallest absolute Gasteiger partial charge is 0.193 e. The molecule has 2 rings (SSSR count). The third kappa shape index (κ3) is 5.84. The van der Waals surface area contributed by atoms with E-state index in [4.69, 9.17) is 5.73 Å². The average Bonchev–Trinajstić information content (AvgIpc) is 2.54. The topological polar surface area (TPSA) is 70.6 Å². The summed E-state index contributed by atoms with van der Waals surface area (Å²) in [4.78, 5) is 4.26. The molecule has 1 unspecified atom stereocenters. The van der Waals surface area contributed by atoms with Gasteiger partial charge in [-0.15, -0.1) is 24.0 Å². The van der Waals surface area contributed by atoms with Crippen LogP contribution in [0.25, 0.3) is 0 Å². The minimum absolute atomic E-state index is 0. The van der Waals surface area contributed by atoms with Gasteiger partial charge in [0.25, 0.3) is 0 Å². The molecule has 0 aliphatic heterocycles. The van der Waals surface area contributed by atoms with Crippen LogP contribution in [0.15, 0.2) is 59.6 Å². The van der Waals surface area contributed by atoms with Crippen LogP contribution < -0.4 is 11.1 Å². The van der Waals surface area contributed by atoms with Gasteiger partial charge in [-0.3, -0.25) is 0 Å². The Morgan fingerprint density at radius 3 is 2.52 bits per heavy atom. The third-order valence-corrected chi connectivity index (χ3v) is 3.56. The molecule has 4 N–H and O–H groups in total. The van der Waals surface area contributed by atoms with E-state index in [-0.39, 0.29) is 30.5 Å². The molecule has 0 saturated heterocycles. The van der Waals surface area contributed by atoms with Crippen LogP contribution >= 0.6 is 24.0 Å². The fraction of sp³-hybridized carbons (Fsp3) is 0.278. The van der Waals surface area contributed by atoms with Crippen LogP contribution in [0.4, 0.5) is 5.69 Å². The normalized spacial score (nSPS) is 13.8. The lowest BCUT2D eigenvalue weighted by atomic mass is 9.96. The van der Waals surface area contributed by atoms with Crippen LogP contribution in [0.3, 0.4) is 0 Å². The number of aliphatic hydroxyl groups is 1. The summed E-state index contributed by atoms with van der Waals surface area (Å²) in [5, 5.41) is 13.5. The van der Waals surface area contributed by atoms with E-state index in [1.807, 2.05) is 48.5 Å². The molecule has 0 aliphatic rings. The number of nitrogens with zero attached hydrogens (tertiary/aromatic N) is 1. The van der Waals surface area contributed by atoms with Crippen LogP contribution in [0.5, 0.6) is 0 Å². The van der Waals surface area contributed by atoms with Crippen molar-refractivity contribution in [2.45, 2.75) is 25.9 Å². The summed E-state index contributed by atoms with van der Waals surface area (Å²) in [6.45, 7) is 4.04. The van der Waals surface area contributed by atoms with E-state index >= 15 is 0 Å². The number of hydrogen-bond donors (Lipinski definition) is 3. The molecule has 0 aliphatic carbocycles. The fourth-order valence-corrected chi connectivity index (χ4v) is 2.18. The number of hydrogen-bond acceptors (Lipinski definition) is 2. The van der Waals surface area contributed by atoms with E-state index in [2.05, 4.69) is 23.3 Å². The number of halogens is 1. The number of rotatable bonds is 5. The Balaban J connectivity index is 0.00000264. The fourth-order valence-electron chi connectivity index (χ4n) is 2.18. The van der Waals surface area contributed by atoms with Gasteiger partial charge in [0.05, 0.1) is 6.54 Å². The lowest BCUT2D eigenvalue weighted by Gasteiger charge is -2.21. The lowest BCUT2D eigenvalue weighted by molar-refractivity contribution is 0.0674. The first kappa shape index (κ1) is 19.4. The van der Waals surface area contributed by atoms with Gasteiger partial charge in [-0.05, 0) is 36.6 Å². The predicted molar refractivity (Wildman–Crippen MR) is 107 cm³/mol. The van der Waals surface area contributed by atoms with Crippen LogP contribution in [0, 0.1) is 0 Å². The summed E-state index contributed by atoms with van der Waals surface area (Å²) in [5.41, 5.74) is 7.82. The van der Waals surface area contributed by atoms with Crippen molar-refractivity contribution >= 4 is 35.6 Å². The van der Waals surface area contributed by atoms with Crippen molar-refractivity contribution in [3.8, 4) is 0 Å². The Hall–Kier alpha value is -1.60. The summed E-state index contributed by atoms with van der Waals surface area (Å²) >= 11 is 0. The predicted octanol–water partition coefficient (Wildman–Crippen LogP) is 3.50. The largest absolute Gasteiger partial charge is 0.384 e. The van der Waals surface area contributed by atoms with Gasteiger partial charge in [-0.2, -0.15) is 0 Å². The van der Waals surface area contributed by atoms with Gasteiger partial charge < -0.3 is 16.2 Å². The second-order valence-corrected chi connectivity index (χ2v) is 5.52. The van der Waals surface area contributed by atoms with Crippen molar-refractivity contribution in [2.24, 2.45) is 10.7 Å². The standard InChI is InChI=1S/C18H23N3O.HI/c1-3-14-8-7-11-16(12-14)21-17(19)20-13-18(2,22)15-9-5-4-6-10-15;/h4-12,22H,3,13H2,1-2H3,(H3,19,20,21);1H. The molecular weight excluding hydrogens is 401 g/mol. The maximum absolute atomic E-state index is 10.5. The Kier molecular flexibility index (Phi) is 7.51. The van der Waals surface area contributed by atoms with Crippen molar-refractivity contribution < 1.29 is 5.11 Å². The highest BCUT2D eigenvalue weighted by atomic mass is 127. The molecule has 2 aromatic rings. The van der Waals surface area contributed by atoms with Crippen molar-refractivity contribution in [1.29, 1.82) is 0 Å². The summed E-state index contributed by atoms with van der Waals surface area (Å²) in [7, 11) is 0. The van der Waals surface area contributed by atoms with Gasteiger partial charge in [0, 0.05) is 5.69 Å². The van der Waals surface area contributed by atoms with Crippen LogP contribution in [-0.4, -0.2) is 17.6 Å². The Labute approximate surface area is 154 Å². The summed E-state index contributed by atoms with van der Waals surface area (Å²) in [6.07, 6.45) is 0.968. The molecule has 0 spiro atoms. The Bertz CT molecular complexity index is 642. The molecule has 0 amide bonds. The maximum atomic E-state index is 10.5. The van der Waals surface area contributed by atoms with Gasteiger partial charge in [-0.25, -0.2) is 4.99 Å². The lowest BCUT2D eigenvalue weighted by Crippen LogP contribution is -2.29. The maximum Gasteiger partial charge on any atom is 0.193 e. The van der Waals surface area contributed by atoms with E-state index in [9.17, 15) is 5.11 Å². The first-order valence-corrected chi connectivity index (χ1v) is 7.45. The molecule has 4 nitrogen and oxygen atoms in total. The number of anilines is 1. The molecule has 2 aromatic carbocycles. The highest BCUT2D eigenvalue weighted by Gasteiger charge is 2.22. The van der Waals surface area contributed by atoms with Crippen LogP contribution in [0.2, 0.25) is 0 Å². The molecule has 0 bridgehead atoms. The minimum Gasteiger partial charge on any atom is -0.384 e. The SMILES string of the molecule is CCc1cccc(NC(N)=NCC(C)(O)c2ccccc2)c1.I. The third-order valence-electron chi connectivity index (χ3n) is 3.56. The van der Waals surface area contributed by atoms with E-state index < -0.39 is 5.60 Å². The molecule has 0 heterocycles. The van der Waals surface area contributed by atoms with Crippen molar-refractivity contribution in [2.75, 3.05) is 11.9 Å². The second kappa shape index (κ2) is 8.88. The van der Waals surface area contributed by atoms with E-state index in [1.165, 1.54) is 5.56 Å². The molecule has 0 fully saturated rings. The van der Waals surface area contributed by atoms with Crippen molar-refractivity contribution in [3.63, 3.8) is 0 Å². The van der Waals surface area contributed by atoms with Crippen molar-refractivity contribution in [1.82, 2.24) is 0 Å². The average molecular weight is 425 g/mol. The zero-order chi connectivity index (χ0) is 16.0. The summed E-state index contributed by atoms with van der Waals surface area (Å²) in [5.74, 6) is 0.296. The molecule has 124 valence electrons. The molecule has 5 heteroatoms. The van der Waals surface area contributed by atoms with Crippen molar-refractivity contribution in [3.05, 3.63) is 65.7 Å². The Morgan fingerprint density at radius 2 is 1.87 bits per heavy atom. The van der Waals surface area contributed by atoms with E-state index in [1.54, 1.807) is 6.92 Å². The van der Waals surface area contributed by atoms with Gasteiger partial charge in [0.15, 0.2) is 5.96 Å².